The number of nitrogens with zero attached hydrogens (tertiary/aromatic N) is 2. The maximum Gasteiger partial charge on any atom is 0.410 e. The highest BCUT2D eigenvalue weighted by molar-refractivity contribution is 5.81. The van der Waals surface area contributed by atoms with Crippen molar-refractivity contribution in [1.29, 1.82) is 0 Å². The summed E-state index contributed by atoms with van der Waals surface area (Å²) in [4.78, 5) is 28.6. The summed E-state index contributed by atoms with van der Waals surface area (Å²) in [7, 11) is 0. The van der Waals surface area contributed by atoms with Crippen LogP contribution in [0.2, 0.25) is 0 Å². The highest BCUT2D eigenvalue weighted by Crippen LogP contribution is 2.20. The Kier molecular flexibility index (Phi) is 7.45. The van der Waals surface area contributed by atoms with Gasteiger partial charge in [-0.3, -0.25) is 4.79 Å². The number of hydrogen-bond donors (Lipinski definition) is 1. The second kappa shape index (κ2) is 9.57. The molecule has 0 spiro atoms. The summed E-state index contributed by atoms with van der Waals surface area (Å²) in [5.74, 6) is -0.0453. The maximum atomic E-state index is 12.6. The molecule has 1 saturated heterocycles. The Morgan fingerprint density at radius 1 is 1.23 bits per heavy atom. The molecule has 2 N–H and O–H groups in total. The van der Waals surface area contributed by atoms with Crippen LogP contribution < -0.4 is 5.73 Å². The van der Waals surface area contributed by atoms with E-state index in [0.29, 0.717) is 13.1 Å². The summed E-state index contributed by atoms with van der Waals surface area (Å²) in [6, 6.07) is 9.09. The summed E-state index contributed by atoms with van der Waals surface area (Å²) in [5.41, 5.74) is 6.75. The number of likely N-dealkylation sites (tertiary alicyclic amines) is 1. The summed E-state index contributed by atoms with van der Waals surface area (Å²) in [5, 5.41) is 0. The second-order valence-electron chi connectivity index (χ2n) is 7.26. The van der Waals surface area contributed by atoms with Crippen LogP contribution in [0.5, 0.6) is 0 Å². The fraction of sp³-hybridized carbons (Fsp3) is 0.600. The summed E-state index contributed by atoms with van der Waals surface area (Å²) in [6.07, 6.45) is 2.57. The minimum atomic E-state index is -0.520. The van der Waals surface area contributed by atoms with E-state index in [1.54, 1.807) is 11.8 Å². The lowest BCUT2D eigenvalue weighted by Crippen LogP contribution is -2.55. The molecule has 0 bridgehead atoms. The molecular weight excluding hydrogens is 330 g/mol. The number of hydrogen-bond acceptors (Lipinski definition) is 4. The largest absolute Gasteiger partial charge is 0.445 e. The number of benzene rings is 1. The average molecular weight is 361 g/mol. The normalized spacial score (nSPS) is 18.5. The van der Waals surface area contributed by atoms with E-state index in [-0.39, 0.29) is 30.7 Å². The SMILES string of the molecule is CC(C)N(CC1CCCCN1C(=O)[C@H](C)N)C(=O)OCc1ccccc1. The Bertz CT molecular complexity index is 589. The van der Waals surface area contributed by atoms with Gasteiger partial charge in [-0.05, 0) is 45.6 Å². The third-order valence-corrected chi connectivity index (χ3v) is 4.77. The van der Waals surface area contributed by atoms with Gasteiger partial charge in [-0.2, -0.15) is 0 Å². The van der Waals surface area contributed by atoms with E-state index in [4.69, 9.17) is 10.5 Å². The standard InChI is InChI=1S/C20H31N3O3/c1-15(2)23(20(25)26-14-17-9-5-4-6-10-17)13-18-11-7-8-12-22(18)19(24)16(3)21/h4-6,9-10,15-16,18H,7-8,11-14,21H2,1-3H3/t16-,18?/m0/s1. The molecule has 1 heterocycles. The highest BCUT2D eigenvalue weighted by Gasteiger charge is 2.32. The molecule has 1 aromatic rings. The van der Waals surface area contributed by atoms with Crippen LogP contribution in [0.25, 0.3) is 0 Å². The first-order valence-electron chi connectivity index (χ1n) is 9.43. The van der Waals surface area contributed by atoms with Gasteiger partial charge in [0.25, 0.3) is 0 Å². The molecule has 0 aromatic heterocycles. The number of amides is 2. The Balaban J connectivity index is 2.01. The number of rotatable bonds is 6. The monoisotopic (exact) mass is 361 g/mol. The summed E-state index contributed by atoms with van der Waals surface area (Å²) in [6.45, 7) is 7.06. The third kappa shape index (κ3) is 5.46. The van der Waals surface area contributed by atoms with E-state index in [0.717, 1.165) is 24.8 Å². The van der Waals surface area contributed by atoms with Crippen LogP contribution in [0, 0.1) is 0 Å². The van der Waals surface area contributed by atoms with Crippen LogP contribution in [0.1, 0.15) is 45.6 Å². The van der Waals surface area contributed by atoms with Gasteiger partial charge in [0.2, 0.25) is 5.91 Å². The Morgan fingerprint density at radius 3 is 2.54 bits per heavy atom. The molecule has 2 amide bonds. The van der Waals surface area contributed by atoms with E-state index < -0.39 is 6.04 Å². The number of ether oxygens (including phenoxy) is 1. The molecule has 6 nitrogen and oxygen atoms in total. The van der Waals surface area contributed by atoms with Crippen molar-refractivity contribution in [2.75, 3.05) is 13.1 Å². The van der Waals surface area contributed by atoms with Crippen molar-refractivity contribution in [2.45, 2.75) is 64.8 Å². The molecule has 1 aliphatic rings. The van der Waals surface area contributed by atoms with Crippen molar-refractivity contribution >= 4 is 12.0 Å². The van der Waals surface area contributed by atoms with E-state index in [1.807, 2.05) is 49.1 Å². The van der Waals surface area contributed by atoms with Crippen LogP contribution >= 0.6 is 0 Å². The molecule has 144 valence electrons. The van der Waals surface area contributed by atoms with Gasteiger partial charge >= 0.3 is 6.09 Å². The Hall–Kier alpha value is -2.08. The number of carbonyl (C=O) groups is 2. The summed E-state index contributed by atoms with van der Waals surface area (Å²) >= 11 is 0. The molecule has 1 unspecified atom stereocenters. The zero-order valence-corrected chi connectivity index (χ0v) is 16.1. The number of carbonyl (C=O) groups excluding carboxylic acids is 2. The molecule has 1 fully saturated rings. The second-order valence-corrected chi connectivity index (χ2v) is 7.26. The minimum Gasteiger partial charge on any atom is -0.445 e. The fourth-order valence-electron chi connectivity index (χ4n) is 3.27. The highest BCUT2D eigenvalue weighted by atomic mass is 16.6. The van der Waals surface area contributed by atoms with Crippen molar-refractivity contribution in [3.8, 4) is 0 Å². The molecule has 1 aromatic carbocycles. The van der Waals surface area contributed by atoms with Gasteiger partial charge < -0.3 is 20.3 Å². The molecule has 0 saturated carbocycles. The predicted molar refractivity (Wildman–Crippen MR) is 101 cm³/mol. The Labute approximate surface area is 156 Å². The van der Waals surface area contributed by atoms with E-state index in [1.165, 1.54) is 0 Å². The molecule has 6 heteroatoms. The van der Waals surface area contributed by atoms with E-state index >= 15 is 0 Å². The third-order valence-electron chi connectivity index (χ3n) is 4.77. The quantitative estimate of drug-likeness (QED) is 0.845. The van der Waals surface area contributed by atoms with Gasteiger partial charge in [0.1, 0.15) is 6.61 Å². The lowest BCUT2D eigenvalue weighted by atomic mass is 10.00. The molecule has 0 aliphatic carbocycles. The smallest absolute Gasteiger partial charge is 0.410 e. The van der Waals surface area contributed by atoms with Crippen molar-refractivity contribution in [3.05, 3.63) is 35.9 Å². The minimum absolute atomic E-state index is 0.00562. The zero-order valence-electron chi connectivity index (χ0n) is 16.1. The van der Waals surface area contributed by atoms with Crippen molar-refractivity contribution in [2.24, 2.45) is 5.73 Å². The van der Waals surface area contributed by atoms with Crippen molar-refractivity contribution < 1.29 is 14.3 Å². The molecule has 1 aliphatic heterocycles. The van der Waals surface area contributed by atoms with Crippen LogP contribution in [0.4, 0.5) is 4.79 Å². The molecule has 26 heavy (non-hydrogen) atoms. The average Bonchev–Trinajstić information content (AvgIpc) is 2.64. The van der Waals surface area contributed by atoms with Gasteiger partial charge in [-0.1, -0.05) is 30.3 Å². The molecule has 2 rings (SSSR count). The lowest BCUT2D eigenvalue weighted by molar-refractivity contribution is -0.136. The van der Waals surface area contributed by atoms with Crippen LogP contribution in [0.15, 0.2) is 30.3 Å². The van der Waals surface area contributed by atoms with Crippen molar-refractivity contribution in [3.63, 3.8) is 0 Å². The van der Waals surface area contributed by atoms with Gasteiger partial charge in [0.05, 0.1) is 6.04 Å². The zero-order chi connectivity index (χ0) is 19.1. The van der Waals surface area contributed by atoms with Crippen LogP contribution in [-0.2, 0) is 16.1 Å². The molecule has 0 radical (unpaired) electrons. The maximum absolute atomic E-state index is 12.6. The summed E-state index contributed by atoms with van der Waals surface area (Å²) < 4.78 is 5.50. The van der Waals surface area contributed by atoms with Gasteiger partial charge in [-0.25, -0.2) is 4.79 Å². The number of piperidine rings is 1. The number of nitrogens with two attached hydrogens (primary N) is 1. The van der Waals surface area contributed by atoms with Crippen LogP contribution in [0.3, 0.4) is 0 Å². The topological polar surface area (TPSA) is 75.9 Å². The van der Waals surface area contributed by atoms with Gasteiger partial charge in [0.15, 0.2) is 0 Å². The van der Waals surface area contributed by atoms with Gasteiger partial charge in [0, 0.05) is 25.2 Å². The van der Waals surface area contributed by atoms with E-state index in [9.17, 15) is 9.59 Å². The first kappa shape index (κ1) is 20.2. The van der Waals surface area contributed by atoms with Gasteiger partial charge in [-0.15, -0.1) is 0 Å². The molecular formula is C20H31N3O3. The fourth-order valence-corrected chi connectivity index (χ4v) is 3.27. The first-order valence-corrected chi connectivity index (χ1v) is 9.43. The predicted octanol–water partition coefficient (Wildman–Crippen LogP) is 2.76. The van der Waals surface area contributed by atoms with E-state index in [2.05, 4.69) is 0 Å². The van der Waals surface area contributed by atoms with Crippen molar-refractivity contribution in [1.82, 2.24) is 9.80 Å². The first-order chi connectivity index (χ1) is 12.4. The van der Waals surface area contributed by atoms with Crippen LogP contribution in [-0.4, -0.2) is 53.0 Å². The molecule has 2 atom stereocenters. The Morgan fingerprint density at radius 2 is 1.92 bits per heavy atom. The lowest BCUT2D eigenvalue weighted by Gasteiger charge is -2.40.